The molecule has 0 spiro atoms. The number of ether oxygens (including phenoxy) is 4. The Bertz CT molecular complexity index is 836. The Morgan fingerprint density at radius 3 is 2.36 bits per heavy atom. The maximum atomic E-state index is 12.4. The lowest BCUT2D eigenvalue weighted by Gasteiger charge is -2.20. The van der Waals surface area contributed by atoms with Crippen molar-refractivity contribution in [2.45, 2.75) is 6.54 Å². The second-order valence-electron chi connectivity index (χ2n) is 5.87. The van der Waals surface area contributed by atoms with Gasteiger partial charge in [0, 0.05) is 12.1 Å². The number of rotatable bonds is 9. The second kappa shape index (κ2) is 9.95. The van der Waals surface area contributed by atoms with Crippen molar-refractivity contribution in [2.75, 3.05) is 47.3 Å². The highest BCUT2D eigenvalue weighted by atomic mass is 32.1. The average Bonchev–Trinajstić information content (AvgIpc) is 3.14. The van der Waals surface area contributed by atoms with E-state index in [0.29, 0.717) is 34.4 Å². The molecule has 9 heteroatoms. The van der Waals surface area contributed by atoms with Crippen molar-refractivity contribution >= 4 is 28.9 Å². The highest BCUT2D eigenvalue weighted by Gasteiger charge is 2.19. The van der Waals surface area contributed by atoms with Crippen LogP contribution in [-0.4, -0.2) is 58.8 Å². The van der Waals surface area contributed by atoms with E-state index in [4.69, 9.17) is 18.9 Å². The summed E-state index contributed by atoms with van der Waals surface area (Å²) in [6.45, 7) is 0.568. The lowest BCUT2D eigenvalue weighted by Crippen LogP contribution is -2.30. The molecule has 1 aromatic carbocycles. The number of hydrogen-bond acceptors (Lipinski definition) is 8. The zero-order chi connectivity index (χ0) is 20.7. The highest BCUT2D eigenvalue weighted by molar-refractivity contribution is 7.12. The third-order valence-corrected chi connectivity index (χ3v) is 4.84. The fourth-order valence-corrected chi connectivity index (χ4v) is 3.49. The Balaban J connectivity index is 2.06. The summed E-state index contributed by atoms with van der Waals surface area (Å²) < 4.78 is 20.9. The Kier molecular flexibility index (Phi) is 7.65. The zero-order valence-corrected chi connectivity index (χ0v) is 17.3. The number of nitrogens with one attached hydrogen (secondary N) is 1. The van der Waals surface area contributed by atoms with Crippen molar-refractivity contribution < 1.29 is 28.5 Å². The molecular formula is C19H24N2O6S. The predicted octanol–water partition coefficient (Wildman–Crippen LogP) is 2.63. The highest BCUT2D eigenvalue weighted by Crippen LogP contribution is 2.40. The molecule has 0 bridgehead atoms. The minimum absolute atomic E-state index is 0.119. The van der Waals surface area contributed by atoms with Crippen LogP contribution in [0.4, 0.5) is 5.69 Å². The minimum atomic E-state index is -0.478. The van der Waals surface area contributed by atoms with Crippen LogP contribution in [0.15, 0.2) is 23.6 Å². The normalized spacial score (nSPS) is 10.5. The molecule has 0 unspecified atom stereocenters. The van der Waals surface area contributed by atoms with Gasteiger partial charge < -0.3 is 24.3 Å². The standard InChI is InChI=1S/C19H24N2O6S/c1-21(10-12-6-7-14(24-2)17(26-4)16(12)25-3)11-15(22)20-13-8-9-28-18(13)19(23)27-5/h6-9H,10-11H2,1-5H3,(H,20,22). The first-order chi connectivity index (χ1) is 13.4. The Morgan fingerprint density at radius 2 is 1.75 bits per heavy atom. The number of esters is 1. The van der Waals surface area contributed by atoms with Crippen molar-refractivity contribution in [3.63, 3.8) is 0 Å². The minimum Gasteiger partial charge on any atom is -0.493 e. The van der Waals surface area contributed by atoms with Gasteiger partial charge in [0.25, 0.3) is 0 Å². The molecular weight excluding hydrogens is 384 g/mol. The van der Waals surface area contributed by atoms with Crippen LogP contribution in [0.1, 0.15) is 15.2 Å². The molecule has 0 aliphatic heterocycles. The zero-order valence-electron chi connectivity index (χ0n) is 16.5. The molecule has 1 amide bonds. The maximum absolute atomic E-state index is 12.4. The smallest absolute Gasteiger partial charge is 0.350 e. The average molecular weight is 408 g/mol. The topological polar surface area (TPSA) is 86.3 Å². The molecule has 0 saturated carbocycles. The summed E-state index contributed by atoms with van der Waals surface area (Å²) in [6.07, 6.45) is 0. The van der Waals surface area contributed by atoms with Gasteiger partial charge in [-0.25, -0.2) is 4.79 Å². The number of nitrogens with zero attached hydrogens (tertiary/aromatic N) is 1. The fourth-order valence-electron chi connectivity index (χ4n) is 2.73. The van der Waals surface area contributed by atoms with E-state index in [-0.39, 0.29) is 12.5 Å². The van der Waals surface area contributed by atoms with Crippen LogP contribution in [-0.2, 0) is 16.1 Å². The summed E-state index contributed by atoms with van der Waals surface area (Å²) in [6, 6.07) is 5.33. The van der Waals surface area contributed by atoms with E-state index in [1.54, 1.807) is 38.8 Å². The third kappa shape index (κ3) is 4.93. The van der Waals surface area contributed by atoms with Gasteiger partial charge in [0.2, 0.25) is 11.7 Å². The number of amides is 1. The van der Waals surface area contributed by atoms with Gasteiger partial charge in [-0.2, -0.15) is 0 Å². The van der Waals surface area contributed by atoms with Crippen LogP contribution in [0, 0.1) is 0 Å². The molecule has 1 heterocycles. The molecule has 0 radical (unpaired) electrons. The molecule has 1 N–H and O–H groups in total. The number of carbonyl (C=O) groups is 2. The first-order valence-corrected chi connectivity index (χ1v) is 9.25. The molecule has 0 aliphatic rings. The molecule has 2 rings (SSSR count). The summed E-state index contributed by atoms with van der Waals surface area (Å²) in [5.74, 6) is 0.900. The number of methoxy groups -OCH3 is 4. The quantitative estimate of drug-likeness (QED) is 0.638. The van der Waals surface area contributed by atoms with E-state index in [9.17, 15) is 9.59 Å². The molecule has 2 aromatic rings. The summed E-state index contributed by atoms with van der Waals surface area (Å²) in [4.78, 5) is 26.3. The first-order valence-electron chi connectivity index (χ1n) is 8.37. The summed E-state index contributed by atoms with van der Waals surface area (Å²) in [7, 11) is 7.77. The predicted molar refractivity (Wildman–Crippen MR) is 107 cm³/mol. The number of thiophene rings is 1. The van der Waals surface area contributed by atoms with Crippen LogP contribution >= 0.6 is 11.3 Å². The van der Waals surface area contributed by atoms with Crippen molar-refractivity contribution in [3.05, 3.63) is 34.0 Å². The van der Waals surface area contributed by atoms with Crippen LogP contribution in [0.25, 0.3) is 0 Å². The molecule has 0 atom stereocenters. The van der Waals surface area contributed by atoms with Crippen molar-refractivity contribution in [1.29, 1.82) is 0 Å². The molecule has 0 fully saturated rings. The third-order valence-electron chi connectivity index (χ3n) is 3.95. The maximum Gasteiger partial charge on any atom is 0.350 e. The SMILES string of the molecule is COC(=O)c1sccc1NC(=O)CN(C)Cc1ccc(OC)c(OC)c1OC. The number of anilines is 1. The van der Waals surface area contributed by atoms with Crippen LogP contribution in [0.3, 0.4) is 0 Å². The van der Waals surface area contributed by atoms with E-state index in [1.807, 2.05) is 18.0 Å². The number of hydrogen-bond donors (Lipinski definition) is 1. The van der Waals surface area contributed by atoms with Gasteiger partial charge in [-0.3, -0.25) is 9.69 Å². The van der Waals surface area contributed by atoms with Crippen molar-refractivity contribution in [2.24, 2.45) is 0 Å². The lowest BCUT2D eigenvalue weighted by molar-refractivity contribution is -0.117. The van der Waals surface area contributed by atoms with Gasteiger partial charge in [0.15, 0.2) is 11.5 Å². The molecule has 0 aliphatic carbocycles. The van der Waals surface area contributed by atoms with Crippen molar-refractivity contribution in [1.82, 2.24) is 4.90 Å². The van der Waals surface area contributed by atoms with Gasteiger partial charge in [-0.15, -0.1) is 11.3 Å². The van der Waals surface area contributed by atoms with E-state index in [1.165, 1.54) is 18.4 Å². The number of benzene rings is 1. The van der Waals surface area contributed by atoms with E-state index < -0.39 is 5.97 Å². The Morgan fingerprint density at radius 1 is 1.04 bits per heavy atom. The lowest BCUT2D eigenvalue weighted by atomic mass is 10.1. The van der Waals surface area contributed by atoms with Gasteiger partial charge in [-0.1, -0.05) is 6.07 Å². The van der Waals surface area contributed by atoms with E-state index in [2.05, 4.69) is 5.32 Å². The number of carbonyl (C=O) groups excluding carboxylic acids is 2. The number of likely N-dealkylation sites (N-methyl/N-ethyl adjacent to an activating group) is 1. The van der Waals surface area contributed by atoms with Gasteiger partial charge in [0.05, 0.1) is 40.7 Å². The monoisotopic (exact) mass is 408 g/mol. The summed E-state index contributed by atoms with van der Waals surface area (Å²) in [5.41, 5.74) is 1.29. The Labute approximate surface area is 168 Å². The van der Waals surface area contributed by atoms with E-state index >= 15 is 0 Å². The van der Waals surface area contributed by atoms with Crippen molar-refractivity contribution in [3.8, 4) is 17.2 Å². The molecule has 1 aromatic heterocycles. The largest absolute Gasteiger partial charge is 0.493 e. The molecule has 28 heavy (non-hydrogen) atoms. The van der Waals surface area contributed by atoms with Crippen LogP contribution < -0.4 is 19.5 Å². The second-order valence-corrected chi connectivity index (χ2v) is 6.79. The summed E-state index contributed by atoms with van der Waals surface area (Å²) in [5, 5.41) is 4.47. The molecule has 8 nitrogen and oxygen atoms in total. The Hall–Kier alpha value is -2.78. The fraction of sp³-hybridized carbons (Fsp3) is 0.368. The molecule has 152 valence electrons. The van der Waals surface area contributed by atoms with Crippen LogP contribution in [0.2, 0.25) is 0 Å². The van der Waals surface area contributed by atoms with E-state index in [0.717, 1.165) is 5.56 Å². The van der Waals surface area contributed by atoms with Gasteiger partial charge >= 0.3 is 5.97 Å². The van der Waals surface area contributed by atoms with Gasteiger partial charge in [0.1, 0.15) is 4.88 Å². The summed E-state index contributed by atoms with van der Waals surface area (Å²) >= 11 is 1.21. The first kappa shape index (κ1) is 21.5. The van der Waals surface area contributed by atoms with Crippen LogP contribution in [0.5, 0.6) is 17.2 Å². The van der Waals surface area contributed by atoms with Gasteiger partial charge in [-0.05, 0) is 24.6 Å². The molecule has 0 saturated heterocycles.